The van der Waals surface area contributed by atoms with E-state index in [1.807, 2.05) is 0 Å². The van der Waals surface area contributed by atoms with E-state index in [-0.39, 0.29) is 0 Å². The van der Waals surface area contributed by atoms with Crippen LogP contribution >= 0.6 is 15.9 Å². The van der Waals surface area contributed by atoms with Crippen LogP contribution in [0.1, 0.15) is 6.42 Å². The highest BCUT2D eigenvalue weighted by Crippen LogP contribution is 2.18. The van der Waals surface area contributed by atoms with E-state index in [1.54, 1.807) is 6.20 Å². The van der Waals surface area contributed by atoms with E-state index >= 15 is 0 Å². The number of nitrogens with one attached hydrogen (secondary N) is 1. The zero-order valence-corrected chi connectivity index (χ0v) is 9.83. The molecule has 5 nitrogen and oxygen atoms in total. The maximum Gasteiger partial charge on any atom is 0.170 e. The fourth-order valence-corrected chi connectivity index (χ4v) is 1.77. The van der Waals surface area contributed by atoms with Crippen LogP contribution in [0.2, 0.25) is 0 Å². The zero-order valence-electron chi connectivity index (χ0n) is 8.24. The topological polar surface area (TPSA) is 73.1 Å². The van der Waals surface area contributed by atoms with Crippen LogP contribution in [-0.2, 0) is 4.74 Å². The van der Waals surface area contributed by atoms with Crippen molar-refractivity contribution in [1.82, 2.24) is 9.97 Å². The third-order valence-electron chi connectivity index (χ3n) is 2.35. The van der Waals surface area contributed by atoms with Gasteiger partial charge in [0.2, 0.25) is 0 Å². The molecule has 2 heterocycles. The summed E-state index contributed by atoms with van der Waals surface area (Å²) in [5.41, 5.74) is 5.69. The molecule has 82 valence electrons. The van der Waals surface area contributed by atoms with Gasteiger partial charge >= 0.3 is 0 Å². The minimum atomic E-state index is 0.428. The van der Waals surface area contributed by atoms with Crippen molar-refractivity contribution in [3.8, 4) is 0 Å². The molecule has 0 spiro atoms. The third-order valence-corrected chi connectivity index (χ3v) is 2.74. The monoisotopic (exact) mass is 272 g/mol. The summed E-state index contributed by atoms with van der Waals surface area (Å²) in [4.78, 5) is 8.21. The number of nitrogens with two attached hydrogens (primary N) is 1. The molecule has 15 heavy (non-hydrogen) atoms. The molecule has 1 aliphatic heterocycles. The van der Waals surface area contributed by atoms with E-state index in [0.717, 1.165) is 26.2 Å². The summed E-state index contributed by atoms with van der Waals surface area (Å²) in [7, 11) is 0. The lowest BCUT2D eigenvalue weighted by Gasteiger charge is -2.11. The number of hydrogen-bond acceptors (Lipinski definition) is 5. The van der Waals surface area contributed by atoms with Crippen molar-refractivity contribution in [2.45, 2.75) is 6.42 Å². The molecule has 1 aliphatic rings. The first-order valence-corrected chi connectivity index (χ1v) is 5.64. The lowest BCUT2D eigenvalue weighted by atomic mass is 10.1. The minimum absolute atomic E-state index is 0.428. The highest BCUT2D eigenvalue weighted by molar-refractivity contribution is 9.10. The third kappa shape index (κ3) is 2.79. The van der Waals surface area contributed by atoms with E-state index in [0.29, 0.717) is 22.2 Å². The van der Waals surface area contributed by atoms with E-state index in [4.69, 9.17) is 10.5 Å². The van der Waals surface area contributed by atoms with Crippen molar-refractivity contribution in [3.63, 3.8) is 0 Å². The molecule has 0 aliphatic carbocycles. The smallest absolute Gasteiger partial charge is 0.170 e. The second kappa shape index (κ2) is 4.76. The molecule has 1 aromatic rings. The van der Waals surface area contributed by atoms with E-state index in [1.165, 1.54) is 0 Å². The molecule has 1 fully saturated rings. The fraction of sp³-hybridized carbons (Fsp3) is 0.556. The summed E-state index contributed by atoms with van der Waals surface area (Å²) in [5, 5.41) is 3.19. The molecule has 1 saturated heterocycles. The molecular weight excluding hydrogens is 260 g/mol. The first-order chi connectivity index (χ1) is 7.25. The first-order valence-electron chi connectivity index (χ1n) is 4.85. The van der Waals surface area contributed by atoms with Crippen LogP contribution in [0, 0.1) is 5.92 Å². The number of aromatic nitrogens is 2. The molecular formula is C9H13BrN4O. The van der Waals surface area contributed by atoms with Gasteiger partial charge in [0.15, 0.2) is 11.6 Å². The Morgan fingerprint density at radius 1 is 1.67 bits per heavy atom. The Bertz CT molecular complexity index is 341. The molecule has 1 aromatic heterocycles. The van der Waals surface area contributed by atoms with Crippen molar-refractivity contribution >= 4 is 27.6 Å². The summed E-state index contributed by atoms with van der Waals surface area (Å²) in [5.74, 6) is 1.61. The van der Waals surface area contributed by atoms with Crippen LogP contribution in [0.3, 0.4) is 0 Å². The van der Waals surface area contributed by atoms with Gasteiger partial charge in [-0.25, -0.2) is 9.97 Å². The van der Waals surface area contributed by atoms with Gasteiger partial charge in [-0.1, -0.05) is 0 Å². The van der Waals surface area contributed by atoms with E-state index in [9.17, 15) is 0 Å². The summed E-state index contributed by atoms with van der Waals surface area (Å²) in [6, 6.07) is 0. The van der Waals surface area contributed by atoms with Gasteiger partial charge in [0.05, 0.1) is 12.8 Å². The van der Waals surface area contributed by atoms with Crippen LogP contribution in [0.5, 0.6) is 0 Å². The van der Waals surface area contributed by atoms with Crippen molar-refractivity contribution in [3.05, 3.63) is 10.8 Å². The average Bonchev–Trinajstić information content (AvgIpc) is 2.72. The maximum atomic E-state index is 5.69. The molecule has 0 radical (unpaired) electrons. The Morgan fingerprint density at radius 2 is 2.53 bits per heavy atom. The average molecular weight is 273 g/mol. The Hall–Kier alpha value is -0.880. The summed E-state index contributed by atoms with van der Waals surface area (Å²) >= 11 is 3.26. The Kier molecular flexibility index (Phi) is 3.37. The summed E-state index contributed by atoms with van der Waals surface area (Å²) < 4.78 is 5.97. The first kappa shape index (κ1) is 10.6. The van der Waals surface area contributed by atoms with Crippen LogP contribution < -0.4 is 11.1 Å². The van der Waals surface area contributed by atoms with Crippen LogP contribution in [0.15, 0.2) is 10.8 Å². The van der Waals surface area contributed by atoms with Crippen molar-refractivity contribution in [2.75, 3.05) is 30.8 Å². The molecule has 2 rings (SSSR count). The Labute approximate surface area is 96.6 Å². The van der Waals surface area contributed by atoms with Crippen LogP contribution in [-0.4, -0.2) is 29.7 Å². The lowest BCUT2D eigenvalue weighted by Crippen LogP contribution is -2.16. The highest BCUT2D eigenvalue weighted by Gasteiger charge is 2.15. The zero-order chi connectivity index (χ0) is 10.7. The van der Waals surface area contributed by atoms with Gasteiger partial charge in [-0.05, 0) is 22.4 Å². The van der Waals surface area contributed by atoms with E-state index in [2.05, 4.69) is 31.2 Å². The molecule has 1 unspecified atom stereocenters. The fourth-order valence-electron chi connectivity index (χ4n) is 1.49. The lowest BCUT2D eigenvalue weighted by molar-refractivity contribution is 0.187. The summed E-state index contributed by atoms with van der Waals surface area (Å²) in [6.45, 7) is 2.50. The highest BCUT2D eigenvalue weighted by atomic mass is 79.9. The quantitative estimate of drug-likeness (QED) is 0.867. The molecule has 0 amide bonds. The second-order valence-corrected chi connectivity index (χ2v) is 4.35. The number of ether oxygens (including phenoxy) is 1. The Morgan fingerprint density at radius 3 is 3.27 bits per heavy atom. The van der Waals surface area contributed by atoms with E-state index < -0.39 is 0 Å². The number of rotatable bonds is 3. The standard InChI is InChI=1S/C9H13BrN4O/c10-7-4-12-8(11)9(14-7)13-3-6-1-2-15-5-6/h4,6H,1-3,5H2,(H2,11,12)(H,13,14). The van der Waals surface area contributed by atoms with Gasteiger partial charge in [0, 0.05) is 19.1 Å². The maximum absolute atomic E-state index is 5.69. The van der Waals surface area contributed by atoms with Gasteiger partial charge < -0.3 is 15.8 Å². The van der Waals surface area contributed by atoms with Gasteiger partial charge in [0.1, 0.15) is 4.60 Å². The number of nitrogen functional groups attached to an aromatic ring is 1. The molecule has 1 atom stereocenters. The normalized spacial score (nSPS) is 20.5. The van der Waals surface area contributed by atoms with Gasteiger partial charge in [-0.3, -0.25) is 0 Å². The SMILES string of the molecule is Nc1ncc(Br)nc1NCC1CCOC1. The predicted octanol–water partition coefficient (Wildman–Crippen LogP) is 1.27. The minimum Gasteiger partial charge on any atom is -0.381 e. The number of hydrogen-bond donors (Lipinski definition) is 2. The largest absolute Gasteiger partial charge is 0.381 e. The molecule has 6 heteroatoms. The summed E-state index contributed by atoms with van der Waals surface area (Å²) in [6.07, 6.45) is 2.67. The van der Waals surface area contributed by atoms with Gasteiger partial charge in [0.25, 0.3) is 0 Å². The number of anilines is 2. The van der Waals surface area contributed by atoms with Crippen molar-refractivity contribution in [2.24, 2.45) is 5.92 Å². The number of nitrogens with zero attached hydrogens (tertiary/aromatic N) is 2. The molecule has 0 bridgehead atoms. The van der Waals surface area contributed by atoms with Gasteiger partial charge in [-0.15, -0.1) is 0 Å². The molecule has 0 saturated carbocycles. The van der Waals surface area contributed by atoms with Crippen molar-refractivity contribution in [1.29, 1.82) is 0 Å². The van der Waals surface area contributed by atoms with Crippen molar-refractivity contribution < 1.29 is 4.74 Å². The molecule has 0 aromatic carbocycles. The Balaban J connectivity index is 1.94. The van der Waals surface area contributed by atoms with Crippen LogP contribution in [0.4, 0.5) is 11.6 Å². The number of halogens is 1. The van der Waals surface area contributed by atoms with Gasteiger partial charge in [-0.2, -0.15) is 0 Å². The van der Waals surface area contributed by atoms with Crippen LogP contribution in [0.25, 0.3) is 0 Å². The second-order valence-electron chi connectivity index (χ2n) is 3.54. The predicted molar refractivity (Wildman–Crippen MR) is 61.6 cm³/mol. The molecule has 3 N–H and O–H groups in total.